The lowest BCUT2D eigenvalue weighted by Gasteiger charge is -2.27. The lowest BCUT2D eigenvalue weighted by molar-refractivity contribution is -0.120. The fourth-order valence-corrected chi connectivity index (χ4v) is 7.72. The van der Waals surface area contributed by atoms with E-state index in [1.165, 1.54) is 12.8 Å². The van der Waals surface area contributed by atoms with Crippen molar-refractivity contribution in [2.24, 2.45) is 24.6 Å². The number of pyridine rings is 1. The number of hydrogen-bond donors (Lipinski definition) is 3. The van der Waals surface area contributed by atoms with E-state index in [2.05, 4.69) is 26.6 Å². The summed E-state index contributed by atoms with van der Waals surface area (Å²) in [4.78, 5) is 38.1. The number of nitrogens with zero attached hydrogens (tertiary/aromatic N) is 5. The number of carbonyl (C=O) groups excluding carboxylic acids is 2. The first-order valence-corrected chi connectivity index (χ1v) is 16.9. The number of aryl methyl sites for hydroxylation is 1. The fraction of sp³-hybridized carbons (Fsp3) is 0.405. The molecule has 248 valence electrons. The summed E-state index contributed by atoms with van der Waals surface area (Å²) in [7, 11) is 3.63. The lowest BCUT2D eigenvalue weighted by Crippen LogP contribution is -2.41. The molecule has 5 aromatic rings. The Hall–Kier alpha value is -4.74. The molecule has 3 fully saturated rings. The van der Waals surface area contributed by atoms with Gasteiger partial charge >= 0.3 is 0 Å². The molecule has 0 unspecified atom stereocenters. The first kappa shape index (κ1) is 30.6. The lowest BCUT2D eigenvalue weighted by atomic mass is 10.1. The Kier molecular flexibility index (Phi) is 7.68. The molecule has 0 spiro atoms. The van der Waals surface area contributed by atoms with Crippen molar-refractivity contribution in [2.75, 3.05) is 26.8 Å². The van der Waals surface area contributed by atoms with E-state index in [9.17, 15) is 9.59 Å². The molecule has 2 amide bonds. The normalized spacial score (nSPS) is 20.2. The maximum Gasteiger partial charge on any atom is 0.254 e. The van der Waals surface area contributed by atoms with Crippen LogP contribution in [0.2, 0.25) is 0 Å². The standard InChI is InChI=1S/C37H41N7O4/c1-42-34-28(16-26(18-31(34)48-2)37(47)44-20-25-10-12-29(44)33(25)38)41-36(42)30-17-24-9-11-27(40-35(24)43(30)19-22-3-4-22)23-7-5-21(6-8-23)15-32(46)39-13-14-45/h5-9,11,16-18,22,25,29,33,45H,3-4,10,12-15,19-20,38H2,1-2H3,(H,39,46)/t25-,29-,33-/m1/s1. The Bertz CT molecular complexity index is 2040. The number of fused-ring (bicyclic) bond motifs is 4. The average Bonchev–Trinajstić information content (AvgIpc) is 3.50. The maximum atomic E-state index is 13.7. The molecule has 2 aliphatic carbocycles. The largest absolute Gasteiger partial charge is 0.494 e. The van der Waals surface area contributed by atoms with Crippen LogP contribution < -0.4 is 15.8 Å². The fourth-order valence-electron chi connectivity index (χ4n) is 7.72. The summed E-state index contributed by atoms with van der Waals surface area (Å²) < 4.78 is 10.2. The van der Waals surface area contributed by atoms with E-state index in [0.717, 1.165) is 64.3 Å². The molecule has 3 aliphatic rings. The zero-order chi connectivity index (χ0) is 33.1. The molecule has 48 heavy (non-hydrogen) atoms. The number of benzene rings is 2. The molecule has 1 saturated heterocycles. The first-order chi connectivity index (χ1) is 23.3. The molecule has 11 nitrogen and oxygen atoms in total. The van der Waals surface area contributed by atoms with E-state index < -0.39 is 0 Å². The summed E-state index contributed by atoms with van der Waals surface area (Å²) in [5, 5.41) is 12.7. The number of aliphatic hydroxyl groups excluding tert-OH is 1. The predicted octanol–water partition coefficient (Wildman–Crippen LogP) is 3.89. The predicted molar refractivity (Wildman–Crippen MR) is 183 cm³/mol. The van der Waals surface area contributed by atoms with Crippen molar-refractivity contribution in [3.05, 3.63) is 65.7 Å². The number of nitrogens with one attached hydrogen (secondary N) is 1. The highest BCUT2D eigenvalue weighted by Gasteiger charge is 2.47. The second-order valence-electron chi connectivity index (χ2n) is 13.6. The molecule has 2 bridgehead atoms. The van der Waals surface area contributed by atoms with Gasteiger partial charge in [0.15, 0.2) is 5.82 Å². The number of carbonyl (C=O) groups is 2. The van der Waals surface area contributed by atoms with Crippen molar-refractivity contribution in [3.8, 4) is 28.5 Å². The zero-order valence-electron chi connectivity index (χ0n) is 27.4. The minimum Gasteiger partial charge on any atom is -0.494 e. The maximum absolute atomic E-state index is 13.7. The summed E-state index contributed by atoms with van der Waals surface area (Å²) in [5.74, 6) is 2.25. The van der Waals surface area contributed by atoms with Crippen LogP contribution >= 0.6 is 0 Å². The third-order valence-electron chi connectivity index (χ3n) is 10.5. The Morgan fingerprint density at radius 1 is 1.04 bits per heavy atom. The number of hydrogen-bond acceptors (Lipinski definition) is 7. The van der Waals surface area contributed by atoms with Gasteiger partial charge in [-0.15, -0.1) is 0 Å². The number of rotatable bonds is 10. The van der Waals surface area contributed by atoms with Gasteiger partial charge in [-0.3, -0.25) is 9.59 Å². The van der Waals surface area contributed by atoms with Gasteiger partial charge in [0, 0.05) is 55.3 Å². The number of imidazole rings is 1. The average molecular weight is 648 g/mol. The van der Waals surface area contributed by atoms with E-state index >= 15 is 0 Å². The number of piperidine rings is 1. The number of amides is 2. The van der Waals surface area contributed by atoms with Crippen molar-refractivity contribution in [1.29, 1.82) is 0 Å². The van der Waals surface area contributed by atoms with Gasteiger partial charge in [0.05, 0.1) is 37.0 Å². The highest BCUT2D eigenvalue weighted by molar-refractivity contribution is 6.00. The van der Waals surface area contributed by atoms with Crippen LogP contribution in [0.3, 0.4) is 0 Å². The topological polar surface area (TPSA) is 141 Å². The summed E-state index contributed by atoms with van der Waals surface area (Å²) >= 11 is 0. The van der Waals surface area contributed by atoms with Crippen molar-refractivity contribution in [3.63, 3.8) is 0 Å². The molecule has 2 saturated carbocycles. The Morgan fingerprint density at radius 2 is 1.85 bits per heavy atom. The van der Waals surface area contributed by atoms with Crippen LogP contribution in [0, 0.1) is 11.8 Å². The number of likely N-dealkylation sites (tertiary alicyclic amines) is 1. The molecule has 11 heteroatoms. The van der Waals surface area contributed by atoms with Gasteiger partial charge in [-0.2, -0.15) is 0 Å². The molecule has 0 radical (unpaired) electrons. The highest BCUT2D eigenvalue weighted by Crippen LogP contribution is 2.40. The number of aromatic nitrogens is 4. The molecule has 1 aliphatic heterocycles. The minimum absolute atomic E-state index is 0.0115. The molecule has 4 heterocycles. The van der Waals surface area contributed by atoms with E-state index in [-0.39, 0.29) is 43.5 Å². The van der Waals surface area contributed by atoms with Crippen molar-refractivity contribution in [1.82, 2.24) is 29.3 Å². The molecular weight excluding hydrogens is 606 g/mol. The minimum atomic E-state index is -0.118. The quantitative estimate of drug-likeness (QED) is 0.209. The van der Waals surface area contributed by atoms with Crippen LogP contribution in [0.5, 0.6) is 5.75 Å². The second kappa shape index (κ2) is 12.1. The smallest absolute Gasteiger partial charge is 0.254 e. The van der Waals surface area contributed by atoms with Gasteiger partial charge in [-0.05, 0) is 73.4 Å². The molecule has 4 N–H and O–H groups in total. The highest BCUT2D eigenvalue weighted by atomic mass is 16.5. The van der Waals surface area contributed by atoms with Gasteiger partial charge in [-0.1, -0.05) is 24.3 Å². The molecular formula is C37H41N7O4. The summed E-state index contributed by atoms with van der Waals surface area (Å²) in [6.07, 6.45) is 4.69. The van der Waals surface area contributed by atoms with Gasteiger partial charge in [0.2, 0.25) is 5.91 Å². The molecule has 2 aromatic carbocycles. The van der Waals surface area contributed by atoms with Crippen LogP contribution in [0.15, 0.2) is 54.6 Å². The molecule has 3 atom stereocenters. The van der Waals surface area contributed by atoms with Gasteiger partial charge in [0.25, 0.3) is 5.91 Å². The van der Waals surface area contributed by atoms with Crippen LogP contribution in [-0.2, 0) is 24.8 Å². The summed E-state index contributed by atoms with van der Waals surface area (Å²) in [6, 6.07) is 18.1. The Morgan fingerprint density at radius 3 is 2.54 bits per heavy atom. The van der Waals surface area contributed by atoms with Crippen LogP contribution in [0.1, 0.15) is 41.6 Å². The van der Waals surface area contributed by atoms with E-state index in [4.69, 9.17) is 25.5 Å². The second-order valence-corrected chi connectivity index (χ2v) is 13.6. The number of ether oxygens (including phenoxy) is 1. The monoisotopic (exact) mass is 647 g/mol. The van der Waals surface area contributed by atoms with E-state index in [1.54, 1.807) is 7.11 Å². The number of nitrogens with two attached hydrogens (primary N) is 1. The third-order valence-corrected chi connectivity index (χ3v) is 10.5. The first-order valence-electron chi connectivity index (χ1n) is 16.9. The van der Waals surface area contributed by atoms with Crippen molar-refractivity contribution in [2.45, 2.75) is 50.7 Å². The van der Waals surface area contributed by atoms with Gasteiger partial charge in [0.1, 0.15) is 16.9 Å². The van der Waals surface area contributed by atoms with Crippen LogP contribution in [-0.4, -0.2) is 79.8 Å². The van der Waals surface area contributed by atoms with Crippen LogP contribution in [0.25, 0.3) is 44.8 Å². The van der Waals surface area contributed by atoms with Crippen molar-refractivity contribution >= 4 is 33.9 Å². The zero-order valence-corrected chi connectivity index (χ0v) is 27.4. The van der Waals surface area contributed by atoms with E-state index in [1.807, 2.05) is 54.4 Å². The Labute approximate surface area is 278 Å². The van der Waals surface area contributed by atoms with Crippen molar-refractivity contribution < 1.29 is 19.4 Å². The van der Waals surface area contributed by atoms with Gasteiger partial charge < -0.3 is 34.9 Å². The third kappa shape index (κ3) is 5.31. The van der Waals surface area contributed by atoms with Crippen LogP contribution in [0.4, 0.5) is 0 Å². The van der Waals surface area contributed by atoms with Gasteiger partial charge in [-0.25, -0.2) is 9.97 Å². The van der Waals surface area contributed by atoms with E-state index in [0.29, 0.717) is 35.2 Å². The Balaban J connectivity index is 1.15. The molecule has 3 aromatic heterocycles. The number of methoxy groups -OCH3 is 1. The molecule has 8 rings (SSSR count). The summed E-state index contributed by atoms with van der Waals surface area (Å²) in [5.41, 5.74) is 13.1. The SMILES string of the molecule is COc1cc(C(=O)N2C[C@H]3CC[C@@H]2[C@@H]3N)cc2nc(-c3cc4ccc(-c5ccc(CC(=O)NCCO)cc5)nc4n3CC3CC3)n(C)c12. The summed E-state index contributed by atoms with van der Waals surface area (Å²) in [6.45, 7) is 1.73. The number of aliphatic hydroxyl groups is 1.